The first kappa shape index (κ1) is 13.9. The number of para-hydroxylation sites is 1. The number of hydrogen-bond acceptors (Lipinski definition) is 3. The number of sulfonamides is 1. The van der Waals surface area contributed by atoms with Gasteiger partial charge >= 0.3 is 0 Å². The fourth-order valence-corrected chi connectivity index (χ4v) is 4.70. The van der Waals surface area contributed by atoms with Crippen LogP contribution in [0.5, 0.6) is 0 Å². The van der Waals surface area contributed by atoms with E-state index in [1.165, 1.54) is 32.1 Å². The molecule has 0 N–H and O–H groups in total. The molecule has 2 fully saturated rings. The molecule has 20 heavy (non-hydrogen) atoms. The van der Waals surface area contributed by atoms with Gasteiger partial charge < -0.3 is 0 Å². The number of nitrogens with zero attached hydrogens (tertiary/aromatic N) is 2. The Balaban J connectivity index is 1.79. The van der Waals surface area contributed by atoms with Gasteiger partial charge in [-0.25, -0.2) is 8.42 Å². The van der Waals surface area contributed by atoms with Gasteiger partial charge in [-0.15, -0.1) is 0 Å². The van der Waals surface area contributed by atoms with Gasteiger partial charge in [0.05, 0.1) is 18.1 Å². The molecule has 3 rings (SSSR count). The molecule has 0 unspecified atom stereocenters. The van der Waals surface area contributed by atoms with Crippen molar-refractivity contribution in [1.29, 1.82) is 0 Å². The highest BCUT2D eigenvalue weighted by Gasteiger charge is 2.33. The molecular weight excluding hydrogens is 272 g/mol. The second-order valence-electron chi connectivity index (χ2n) is 5.75. The second-order valence-corrected chi connectivity index (χ2v) is 7.76. The molecule has 0 bridgehead atoms. The van der Waals surface area contributed by atoms with Crippen LogP contribution >= 0.6 is 0 Å². The molecule has 0 aromatic heterocycles. The van der Waals surface area contributed by atoms with Gasteiger partial charge in [0.15, 0.2) is 0 Å². The molecule has 1 aromatic carbocycles. The lowest BCUT2D eigenvalue weighted by atomic mass is 9.94. The van der Waals surface area contributed by atoms with Crippen molar-refractivity contribution in [2.75, 3.05) is 23.3 Å². The van der Waals surface area contributed by atoms with E-state index >= 15 is 0 Å². The minimum absolute atomic E-state index is 0.235. The van der Waals surface area contributed by atoms with Crippen LogP contribution in [-0.4, -0.2) is 38.3 Å². The molecule has 1 aromatic rings. The van der Waals surface area contributed by atoms with Gasteiger partial charge in [-0.3, -0.25) is 9.21 Å². The third-order valence-electron chi connectivity index (χ3n) is 4.42. The number of benzene rings is 1. The standard InChI is InChI=1S/C15H22N2O2S/c18-20(19)12-11-16(14-7-3-1-4-8-14)13-17(20)15-9-5-2-6-10-15/h2,5-6,9-10,14H,1,3-4,7-8,11-13H2. The van der Waals surface area contributed by atoms with E-state index in [0.29, 0.717) is 19.3 Å². The Morgan fingerprint density at radius 1 is 1.00 bits per heavy atom. The third-order valence-corrected chi connectivity index (χ3v) is 6.11. The first-order valence-corrected chi connectivity index (χ1v) is 9.07. The SMILES string of the molecule is O=S1(=O)CCN(C2CCCCC2)CN1c1ccccc1. The van der Waals surface area contributed by atoms with Gasteiger partial charge in [0.25, 0.3) is 0 Å². The van der Waals surface area contributed by atoms with Gasteiger partial charge in [0, 0.05) is 12.6 Å². The van der Waals surface area contributed by atoms with Gasteiger partial charge in [-0.1, -0.05) is 37.5 Å². The quantitative estimate of drug-likeness (QED) is 0.841. The largest absolute Gasteiger partial charge is 0.281 e. The molecule has 0 amide bonds. The molecule has 0 atom stereocenters. The summed E-state index contributed by atoms with van der Waals surface area (Å²) in [6.45, 7) is 1.19. The lowest BCUT2D eigenvalue weighted by molar-refractivity contribution is 0.164. The molecule has 5 heteroatoms. The maximum absolute atomic E-state index is 12.3. The van der Waals surface area contributed by atoms with E-state index in [4.69, 9.17) is 0 Å². The summed E-state index contributed by atoms with van der Waals surface area (Å²) < 4.78 is 26.2. The number of rotatable bonds is 2. The van der Waals surface area contributed by atoms with Crippen LogP contribution in [0.15, 0.2) is 30.3 Å². The van der Waals surface area contributed by atoms with Gasteiger partial charge in [-0.2, -0.15) is 0 Å². The van der Waals surface area contributed by atoms with Crippen LogP contribution in [0.1, 0.15) is 32.1 Å². The molecule has 1 saturated heterocycles. The molecule has 2 aliphatic rings. The van der Waals surface area contributed by atoms with Crippen molar-refractivity contribution >= 4 is 15.7 Å². The van der Waals surface area contributed by atoms with Crippen LogP contribution in [0, 0.1) is 0 Å². The minimum Gasteiger partial charge on any atom is -0.281 e. The second kappa shape index (κ2) is 5.74. The molecule has 0 spiro atoms. The molecule has 0 radical (unpaired) electrons. The van der Waals surface area contributed by atoms with Crippen molar-refractivity contribution in [1.82, 2.24) is 4.90 Å². The monoisotopic (exact) mass is 294 g/mol. The van der Waals surface area contributed by atoms with E-state index in [9.17, 15) is 8.42 Å². The Kier molecular flexibility index (Phi) is 3.98. The average Bonchev–Trinajstić information content (AvgIpc) is 2.49. The van der Waals surface area contributed by atoms with Crippen molar-refractivity contribution in [2.24, 2.45) is 0 Å². The minimum atomic E-state index is -3.16. The zero-order chi connectivity index (χ0) is 14.0. The predicted octanol–water partition coefficient (Wildman–Crippen LogP) is 2.43. The summed E-state index contributed by atoms with van der Waals surface area (Å²) in [5.74, 6) is 0.235. The highest BCUT2D eigenvalue weighted by molar-refractivity contribution is 7.92. The topological polar surface area (TPSA) is 40.6 Å². The Morgan fingerprint density at radius 3 is 2.40 bits per heavy atom. The molecule has 1 aliphatic heterocycles. The van der Waals surface area contributed by atoms with E-state index < -0.39 is 10.0 Å². The van der Waals surface area contributed by atoms with Gasteiger partial charge in [0.2, 0.25) is 10.0 Å². The van der Waals surface area contributed by atoms with Crippen LogP contribution < -0.4 is 4.31 Å². The average molecular weight is 294 g/mol. The van der Waals surface area contributed by atoms with Crippen LogP contribution in [0.25, 0.3) is 0 Å². The Bertz CT molecular complexity index is 538. The fraction of sp³-hybridized carbons (Fsp3) is 0.600. The number of hydrogen-bond donors (Lipinski definition) is 0. The normalized spacial score (nSPS) is 24.7. The van der Waals surface area contributed by atoms with E-state index in [1.807, 2.05) is 30.3 Å². The molecule has 1 aliphatic carbocycles. The highest BCUT2D eigenvalue weighted by Crippen LogP contribution is 2.27. The van der Waals surface area contributed by atoms with E-state index in [0.717, 1.165) is 5.69 Å². The van der Waals surface area contributed by atoms with Crippen molar-refractivity contribution in [3.8, 4) is 0 Å². The summed E-state index contributed by atoms with van der Waals surface area (Å²) in [6, 6.07) is 10.0. The van der Waals surface area contributed by atoms with Crippen LogP contribution in [0.4, 0.5) is 5.69 Å². The van der Waals surface area contributed by atoms with Gasteiger partial charge in [0.1, 0.15) is 0 Å². The Hall–Kier alpha value is -1.07. The van der Waals surface area contributed by atoms with E-state index in [1.54, 1.807) is 4.31 Å². The molecular formula is C15H22N2O2S. The first-order valence-electron chi connectivity index (χ1n) is 7.46. The first-order chi connectivity index (χ1) is 9.67. The molecule has 4 nitrogen and oxygen atoms in total. The summed E-state index contributed by atoms with van der Waals surface area (Å²) >= 11 is 0. The predicted molar refractivity (Wildman–Crippen MR) is 81.2 cm³/mol. The fourth-order valence-electron chi connectivity index (χ4n) is 3.25. The summed E-state index contributed by atoms with van der Waals surface area (Å²) in [6.07, 6.45) is 6.30. The van der Waals surface area contributed by atoms with Crippen molar-refractivity contribution < 1.29 is 8.42 Å². The lowest BCUT2D eigenvalue weighted by Gasteiger charge is -2.41. The summed E-state index contributed by atoms with van der Waals surface area (Å²) in [5.41, 5.74) is 0.785. The molecule has 1 saturated carbocycles. The summed E-state index contributed by atoms with van der Waals surface area (Å²) in [7, 11) is -3.16. The maximum atomic E-state index is 12.3. The smallest absolute Gasteiger partial charge is 0.237 e. The van der Waals surface area contributed by atoms with Crippen molar-refractivity contribution in [3.05, 3.63) is 30.3 Å². The number of anilines is 1. The Morgan fingerprint density at radius 2 is 1.70 bits per heavy atom. The molecule has 110 valence electrons. The zero-order valence-corrected chi connectivity index (χ0v) is 12.6. The Labute approximate surface area is 121 Å². The summed E-state index contributed by atoms with van der Waals surface area (Å²) in [5, 5.41) is 0. The summed E-state index contributed by atoms with van der Waals surface area (Å²) in [4.78, 5) is 2.35. The van der Waals surface area contributed by atoms with Crippen molar-refractivity contribution in [2.45, 2.75) is 38.1 Å². The zero-order valence-electron chi connectivity index (χ0n) is 11.7. The third kappa shape index (κ3) is 2.83. The van der Waals surface area contributed by atoms with E-state index in [-0.39, 0.29) is 5.75 Å². The van der Waals surface area contributed by atoms with Crippen LogP contribution in [0.3, 0.4) is 0 Å². The maximum Gasteiger partial charge on any atom is 0.237 e. The van der Waals surface area contributed by atoms with Crippen LogP contribution in [-0.2, 0) is 10.0 Å². The van der Waals surface area contributed by atoms with E-state index in [2.05, 4.69) is 4.90 Å². The lowest BCUT2D eigenvalue weighted by Crippen LogP contribution is -2.54. The highest BCUT2D eigenvalue weighted by atomic mass is 32.2. The van der Waals surface area contributed by atoms with Gasteiger partial charge in [-0.05, 0) is 25.0 Å². The molecule has 1 heterocycles. The van der Waals surface area contributed by atoms with Crippen molar-refractivity contribution in [3.63, 3.8) is 0 Å². The van der Waals surface area contributed by atoms with Crippen LogP contribution in [0.2, 0.25) is 0 Å².